The second kappa shape index (κ2) is 14.4. The molecule has 1 heterocycles. The Kier molecular flexibility index (Phi) is 9.69. The van der Waals surface area contributed by atoms with E-state index in [2.05, 4.69) is 168 Å². The molecule has 5 aromatic carbocycles. The summed E-state index contributed by atoms with van der Waals surface area (Å²) in [6, 6.07) is 52.5. The van der Waals surface area contributed by atoms with Gasteiger partial charge in [-0.25, -0.2) is 4.98 Å². The lowest BCUT2D eigenvalue weighted by molar-refractivity contribution is 0.596. The number of aromatic nitrogens is 2. The smallest absolute Gasteiger partial charge is 0.212 e. The zero-order chi connectivity index (χ0) is 30.0. The normalized spacial score (nSPS) is 12.7. The minimum atomic E-state index is -0.316. The van der Waals surface area contributed by atoms with Gasteiger partial charge in [0.15, 0.2) is 0 Å². The Labute approximate surface area is 265 Å². The zero-order valence-electron chi connectivity index (χ0n) is 25.5. The molecule has 0 amide bonds. The summed E-state index contributed by atoms with van der Waals surface area (Å²) >= 11 is 0. The van der Waals surface area contributed by atoms with Crippen LogP contribution in [0.3, 0.4) is 0 Å². The van der Waals surface area contributed by atoms with Gasteiger partial charge in [0.25, 0.3) is 0 Å². The van der Waals surface area contributed by atoms with Crippen molar-refractivity contribution >= 4 is 32.3 Å². The molecule has 216 valence electrons. The molecule has 0 aliphatic heterocycles. The highest BCUT2D eigenvalue weighted by atomic mass is 28.2. The van der Waals surface area contributed by atoms with Crippen LogP contribution in [0, 0.1) is 0 Å². The van der Waals surface area contributed by atoms with Crippen LogP contribution >= 0.6 is 0 Å². The maximum atomic E-state index is 4.40. The van der Waals surface area contributed by atoms with Gasteiger partial charge < -0.3 is 4.57 Å². The minimum Gasteiger partial charge on any atom is -0.326 e. The van der Waals surface area contributed by atoms with Crippen molar-refractivity contribution in [1.29, 1.82) is 0 Å². The van der Waals surface area contributed by atoms with E-state index in [0.29, 0.717) is 16.2 Å². The van der Waals surface area contributed by atoms with Crippen LogP contribution in [-0.2, 0) is 11.6 Å². The van der Waals surface area contributed by atoms with Gasteiger partial charge in [-0.3, -0.25) is 0 Å². The van der Waals surface area contributed by atoms with Gasteiger partial charge >= 0.3 is 0 Å². The number of aryl methyl sites for hydroxylation is 1. The molecule has 1 aromatic heterocycles. The van der Waals surface area contributed by atoms with Gasteiger partial charge in [0.1, 0.15) is 9.52 Å². The van der Waals surface area contributed by atoms with Crippen molar-refractivity contribution in [3.8, 4) is 0 Å². The Morgan fingerprint density at radius 1 is 0.705 bits per heavy atom. The van der Waals surface area contributed by atoms with Crippen molar-refractivity contribution in [3.63, 3.8) is 0 Å². The summed E-state index contributed by atoms with van der Waals surface area (Å²) in [7, 11) is 0.539. The Morgan fingerprint density at radius 3 is 1.73 bits per heavy atom. The van der Waals surface area contributed by atoms with Crippen molar-refractivity contribution in [2.75, 3.05) is 0 Å². The van der Waals surface area contributed by atoms with Crippen molar-refractivity contribution in [2.45, 2.75) is 43.6 Å². The summed E-state index contributed by atoms with van der Waals surface area (Å²) in [5.74, 6) is 0.866. The van der Waals surface area contributed by atoms with Gasteiger partial charge in [0.2, 0.25) is 6.71 Å². The molecule has 2 radical (unpaired) electrons. The Morgan fingerprint density at radius 2 is 1.25 bits per heavy atom. The van der Waals surface area contributed by atoms with Crippen molar-refractivity contribution < 1.29 is 0 Å². The molecule has 1 aliphatic carbocycles. The largest absolute Gasteiger partial charge is 0.326 e. The van der Waals surface area contributed by atoms with Gasteiger partial charge in [-0.1, -0.05) is 194 Å². The van der Waals surface area contributed by atoms with Gasteiger partial charge in [0.05, 0.1) is 11.5 Å². The van der Waals surface area contributed by atoms with Gasteiger partial charge in [0, 0.05) is 12.4 Å². The quantitative estimate of drug-likeness (QED) is 0.157. The third-order valence-electron chi connectivity index (χ3n) is 8.48. The number of hydrogen-bond donors (Lipinski definition) is 0. The highest BCUT2D eigenvalue weighted by Gasteiger charge is 2.37. The van der Waals surface area contributed by atoms with Crippen molar-refractivity contribution in [3.05, 3.63) is 181 Å². The summed E-state index contributed by atoms with van der Waals surface area (Å²) in [5, 5.41) is 1.05. The van der Waals surface area contributed by atoms with E-state index in [1.807, 2.05) is 12.5 Å². The molecule has 0 bridgehead atoms. The van der Waals surface area contributed by atoms with Crippen molar-refractivity contribution in [1.82, 2.24) is 9.55 Å². The first-order valence-electron chi connectivity index (χ1n) is 15.8. The first-order valence-corrected chi connectivity index (χ1v) is 16.8. The SMILES string of the molecule is CCCc1cccc([Si]C(c2ccccc2)(c2ccccc2)n2ccnc2)c1.c1ccc(B(c2ccccc2)C2CC2)cc1. The van der Waals surface area contributed by atoms with Crippen LogP contribution in [0.15, 0.2) is 164 Å². The Hall–Kier alpha value is -4.41. The molecule has 1 aliphatic rings. The molecule has 0 saturated heterocycles. The topological polar surface area (TPSA) is 17.8 Å². The maximum absolute atomic E-state index is 4.40. The molecule has 0 unspecified atom stereocenters. The molecule has 0 spiro atoms. The fourth-order valence-electron chi connectivity index (χ4n) is 6.28. The molecular formula is C40H39BN2Si. The monoisotopic (exact) mass is 586 g/mol. The third kappa shape index (κ3) is 6.87. The predicted octanol–water partition coefficient (Wildman–Crippen LogP) is 7.07. The van der Waals surface area contributed by atoms with Crippen LogP contribution in [0.1, 0.15) is 42.9 Å². The number of rotatable bonds is 10. The van der Waals surface area contributed by atoms with E-state index in [1.165, 1.54) is 45.6 Å². The van der Waals surface area contributed by atoms with Crippen LogP contribution in [0.2, 0.25) is 5.82 Å². The van der Waals surface area contributed by atoms with Crippen LogP contribution in [0.4, 0.5) is 0 Å². The predicted molar refractivity (Wildman–Crippen MR) is 188 cm³/mol. The number of hydrogen-bond acceptors (Lipinski definition) is 1. The average molecular weight is 587 g/mol. The van der Waals surface area contributed by atoms with E-state index in [9.17, 15) is 0 Å². The van der Waals surface area contributed by atoms with Gasteiger partial charge in [-0.05, 0) is 23.1 Å². The van der Waals surface area contributed by atoms with E-state index < -0.39 is 0 Å². The fraction of sp³-hybridized carbons (Fsp3) is 0.175. The van der Waals surface area contributed by atoms with E-state index in [0.717, 1.165) is 18.7 Å². The van der Waals surface area contributed by atoms with Crippen LogP contribution < -0.4 is 16.1 Å². The highest BCUT2D eigenvalue weighted by Crippen LogP contribution is 2.38. The molecule has 0 atom stereocenters. The minimum absolute atomic E-state index is 0.316. The fourth-order valence-corrected chi connectivity index (χ4v) is 8.02. The Bertz CT molecular complexity index is 1610. The second-order valence-electron chi connectivity index (χ2n) is 11.6. The van der Waals surface area contributed by atoms with E-state index in [1.54, 1.807) is 0 Å². The Balaban J connectivity index is 0.000000181. The molecule has 2 nitrogen and oxygen atoms in total. The molecule has 6 aromatic rings. The first-order chi connectivity index (χ1) is 21.8. The summed E-state index contributed by atoms with van der Waals surface area (Å²) < 4.78 is 2.27. The van der Waals surface area contributed by atoms with E-state index >= 15 is 0 Å². The summed E-state index contributed by atoms with van der Waals surface area (Å²) in [6.45, 7) is 2.85. The van der Waals surface area contributed by atoms with Gasteiger partial charge in [-0.2, -0.15) is 0 Å². The molecule has 44 heavy (non-hydrogen) atoms. The summed E-state index contributed by atoms with van der Waals surface area (Å²) in [4.78, 5) is 4.40. The van der Waals surface area contributed by atoms with E-state index in [4.69, 9.17) is 0 Å². The molecule has 7 rings (SSSR count). The number of imidazole rings is 1. The lowest BCUT2D eigenvalue weighted by atomic mass is 9.37. The summed E-state index contributed by atoms with van der Waals surface area (Å²) in [5.41, 5.74) is 6.90. The second-order valence-corrected chi connectivity index (χ2v) is 13.2. The molecule has 1 fully saturated rings. The summed E-state index contributed by atoms with van der Waals surface area (Å²) in [6.07, 6.45) is 11.0. The highest BCUT2D eigenvalue weighted by molar-refractivity contribution is 6.86. The molecular weight excluding hydrogens is 547 g/mol. The lowest BCUT2D eigenvalue weighted by Crippen LogP contribution is -2.46. The van der Waals surface area contributed by atoms with Crippen LogP contribution in [0.5, 0.6) is 0 Å². The van der Waals surface area contributed by atoms with Crippen LogP contribution in [-0.4, -0.2) is 25.8 Å². The first kappa shape index (κ1) is 29.7. The van der Waals surface area contributed by atoms with Gasteiger partial charge in [-0.15, -0.1) is 0 Å². The molecule has 0 N–H and O–H groups in total. The van der Waals surface area contributed by atoms with Crippen LogP contribution in [0.25, 0.3) is 0 Å². The zero-order valence-corrected chi connectivity index (χ0v) is 26.5. The maximum Gasteiger partial charge on any atom is 0.212 e. The average Bonchev–Trinajstić information content (AvgIpc) is 3.76. The van der Waals surface area contributed by atoms with E-state index in [-0.39, 0.29) is 5.16 Å². The third-order valence-corrected chi connectivity index (χ3v) is 10.3. The molecule has 4 heteroatoms. The standard InChI is InChI=1S/C25H24N2Si.C15H15B/c1-2-10-21-11-9-16-24(19-21)28-25(27-18-17-26-20-27,22-12-5-3-6-13-22)23-14-7-4-8-15-23;1-3-7-13(8-4-1)16(15-11-12-15)14-9-5-2-6-10-14/h3-9,11-20H,2,10H2,1H3;1-10,15H,11-12H2. The lowest BCUT2D eigenvalue weighted by Gasteiger charge is -2.36. The van der Waals surface area contributed by atoms with Crippen molar-refractivity contribution in [2.24, 2.45) is 0 Å². The number of benzene rings is 5. The molecule has 1 saturated carbocycles. The number of nitrogens with zero attached hydrogens (tertiary/aromatic N) is 2.